The van der Waals surface area contributed by atoms with Crippen LogP contribution in [0, 0.1) is 18.3 Å². The SMILES string of the molecule is Cc1ccc(N(CCC#N)C(=O)COC(=O)CCC(=O)c2ccc(Cl)cc2)cc1. The Morgan fingerprint density at radius 1 is 1.03 bits per heavy atom. The molecular weight excluding hydrogens is 392 g/mol. The van der Waals surface area contributed by atoms with Gasteiger partial charge in [-0.1, -0.05) is 29.3 Å². The molecule has 0 fully saturated rings. The third kappa shape index (κ3) is 7.05. The van der Waals surface area contributed by atoms with Gasteiger partial charge in [0.05, 0.1) is 18.9 Å². The van der Waals surface area contributed by atoms with Crippen LogP contribution in [-0.2, 0) is 14.3 Å². The number of carbonyl (C=O) groups is 3. The summed E-state index contributed by atoms with van der Waals surface area (Å²) < 4.78 is 5.03. The lowest BCUT2D eigenvalue weighted by molar-refractivity contribution is -0.147. The lowest BCUT2D eigenvalue weighted by Crippen LogP contribution is -2.35. The zero-order valence-corrected chi connectivity index (χ0v) is 16.8. The molecule has 2 aromatic rings. The first-order valence-electron chi connectivity index (χ1n) is 9.09. The van der Waals surface area contributed by atoms with E-state index < -0.39 is 18.5 Å². The van der Waals surface area contributed by atoms with Crippen LogP contribution in [0.15, 0.2) is 48.5 Å². The third-order valence-electron chi connectivity index (χ3n) is 4.17. The van der Waals surface area contributed by atoms with E-state index in [1.807, 2.05) is 25.1 Å². The third-order valence-corrected chi connectivity index (χ3v) is 4.42. The van der Waals surface area contributed by atoms with Crippen molar-refractivity contribution in [1.82, 2.24) is 0 Å². The molecule has 0 radical (unpaired) electrons. The van der Waals surface area contributed by atoms with Gasteiger partial charge in [0.15, 0.2) is 12.4 Å². The van der Waals surface area contributed by atoms with Crippen LogP contribution >= 0.6 is 11.6 Å². The second kappa shape index (κ2) is 11.0. The number of carbonyl (C=O) groups excluding carboxylic acids is 3. The number of hydrogen-bond acceptors (Lipinski definition) is 5. The molecular formula is C22H21ClN2O4. The molecule has 0 aromatic heterocycles. The maximum atomic E-state index is 12.5. The summed E-state index contributed by atoms with van der Waals surface area (Å²) in [6.07, 6.45) is 0.00535. The molecule has 0 saturated heterocycles. The van der Waals surface area contributed by atoms with Crippen molar-refractivity contribution in [2.24, 2.45) is 0 Å². The van der Waals surface area contributed by atoms with Crippen LogP contribution in [0.1, 0.15) is 35.2 Å². The molecule has 0 N–H and O–H groups in total. The van der Waals surface area contributed by atoms with E-state index in [-0.39, 0.29) is 31.6 Å². The summed E-state index contributed by atoms with van der Waals surface area (Å²) in [4.78, 5) is 37.9. The Kier molecular flexibility index (Phi) is 8.38. The van der Waals surface area contributed by atoms with Crippen LogP contribution in [0.2, 0.25) is 5.02 Å². The molecule has 1 amide bonds. The molecule has 0 atom stereocenters. The van der Waals surface area contributed by atoms with E-state index >= 15 is 0 Å². The lowest BCUT2D eigenvalue weighted by atomic mass is 10.1. The van der Waals surface area contributed by atoms with Gasteiger partial charge in [0.25, 0.3) is 5.91 Å². The average molecular weight is 413 g/mol. The first-order valence-corrected chi connectivity index (χ1v) is 9.47. The Hall–Kier alpha value is -3.17. The molecule has 0 aliphatic carbocycles. The van der Waals surface area contributed by atoms with E-state index in [0.29, 0.717) is 16.3 Å². The van der Waals surface area contributed by atoms with Crippen molar-refractivity contribution in [3.8, 4) is 6.07 Å². The summed E-state index contributed by atoms with van der Waals surface area (Å²) in [5, 5.41) is 9.35. The summed E-state index contributed by atoms with van der Waals surface area (Å²) in [6.45, 7) is 1.68. The molecule has 2 rings (SSSR count). The number of nitriles is 1. The standard InChI is InChI=1S/C22H21ClN2O4/c1-16-3-9-19(10-4-16)25(14-2-13-24)21(27)15-29-22(28)12-11-20(26)17-5-7-18(23)8-6-17/h3-10H,2,11-12,14-15H2,1H3. The van der Waals surface area contributed by atoms with Crippen molar-refractivity contribution in [2.45, 2.75) is 26.2 Å². The van der Waals surface area contributed by atoms with Gasteiger partial charge < -0.3 is 9.64 Å². The van der Waals surface area contributed by atoms with Crippen LogP contribution < -0.4 is 4.90 Å². The van der Waals surface area contributed by atoms with Crippen molar-refractivity contribution in [3.63, 3.8) is 0 Å². The Labute approximate surface area is 174 Å². The molecule has 0 aliphatic heterocycles. The minimum Gasteiger partial charge on any atom is -0.456 e. The van der Waals surface area contributed by atoms with E-state index in [1.165, 1.54) is 4.90 Å². The predicted octanol–water partition coefficient (Wildman–Crippen LogP) is 4.10. The second-order valence-corrected chi connectivity index (χ2v) is 6.82. The number of aryl methyl sites for hydroxylation is 1. The topological polar surface area (TPSA) is 87.5 Å². The molecule has 0 unspecified atom stereocenters. The van der Waals surface area contributed by atoms with Gasteiger partial charge >= 0.3 is 5.97 Å². The Balaban J connectivity index is 1.87. The summed E-state index contributed by atoms with van der Waals surface area (Å²) in [5.41, 5.74) is 2.13. The molecule has 6 nitrogen and oxygen atoms in total. The maximum absolute atomic E-state index is 12.5. The first kappa shape index (κ1) is 22.1. The molecule has 0 heterocycles. The summed E-state index contributed by atoms with van der Waals surface area (Å²) in [6, 6.07) is 15.7. The number of amides is 1. The van der Waals surface area contributed by atoms with Gasteiger partial charge in [-0.25, -0.2) is 0 Å². The van der Waals surface area contributed by atoms with E-state index in [2.05, 4.69) is 0 Å². The largest absolute Gasteiger partial charge is 0.456 e. The highest BCUT2D eigenvalue weighted by Crippen LogP contribution is 2.16. The minimum absolute atomic E-state index is 0.0231. The predicted molar refractivity (Wildman–Crippen MR) is 110 cm³/mol. The highest BCUT2D eigenvalue weighted by molar-refractivity contribution is 6.30. The molecule has 0 spiro atoms. The van der Waals surface area contributed by atoms with Gasteiger partial charge in [-0.2, -0.15) is 5.26 Å². The zero-order valence-electron chi connectivity index (χ0n) is 16.1. The normalized spacial score (nSPS) is 10.1. The van der Waals surface area contributed by atoms with Gasteiger partial charge in [0, 0.05) is 29.2 Å². The fourth-order valence-corrected chi connectivity index (χ4v) is 2.70. The van der Waals surface area contributed by atoms with Crippen molar-refractivity contribution in [1.29, 1.82) is 5.26 Å². The van der Waals surface area contributed by atoms with Crippen LogP contribution in [0.5, 0.6) is 0 Å². The molecule has 0 saturated carbocycles. The van der Waals surface area contributed by atoms with E-state index in [1.54, 1.807) is 36.4 Å². The maximum Gasteiger partial charge on any atom is 0.306 e. The van der Waals surface area contributed by atoms with Crippen LogP contribution in [0.3, 0.4) is 0 Å². The lowest BCUT2D eigenvalue weighted by Gasteiger charge is -2.21. The summed E-state index contributed by atoms with van der Waals surface area (Å²) in [5.74, 6) is -1.27. The number of rotatable bonds is 9. The summed E-state index contributed by atoms with van der Waals surface area (Å²) in [7, 11) is 0. The number of anilines is 1. The molecule has 150 valence electrons. The van der Waals surface area contributed by atoms with E-state index in [4.69, 9.17) is 21.6 Å². The van der Waals surface area contributed by atoms with Crippen LogP contribution in [0.4, 0.5) is 5.69 Å². The molecule has 2 aromatic carbocycles. The van der Waals surface area contributed by atoms with Crippen molar-refractivity contribution < 1.29 is 19.1 Å². The molecule has 0 aliphatic rings. The Morgan fingerprint density at radius 3 is 2.31 bits per heavy atom. The Morgan fingerprint density at radius 2 is 1.69 bits per heavy atom. The quantitative estimate of drug-likeness (QED) is 0.457. The fourth-order valence-electron chi connectivity index (χ4n) is 2.57. The second-order valence-electron chi connectivity index (χ2n) is 6.38. The zero-order chi connectivity index (χ0) is 21.2. The number of ether oxygens (including phenoxy) is 1. The molecule has 0 bridgehead atoms. The average Bonchev–Trinajstić information content (AvgIpc) is 2.72. The van der Waals surface area contributed by atoms with Crippen molar-refractivity contribution in [2.75, 3.05) is 18.1 Å². The number of nitrogens with zero attached hydrogens (tertiary/aromatic N) is 2. The van der Waals surface area contributed by atoms with Crippen LogP contribution in [-0.4, -0.2) is 30.8 Å². The highest BCUT2D eigenvalue weighted by atomic mass is 35.5. The van der Waals surface area contributed by atoms with Crippen molar-refractivity contribution >= 4 is 34.9 Å². The molecule has 29 heavy (non-hydrogen) atoms. The monoisotopic (exact) mass is 412 g/mol. The number of halogens is 1. The van der Waals surface area contributed by atoms with Gasteiger partial charge in [-0.05, 0) is 43.3 Å². The van der Waals surface area contributed by atoms with Gasteiger partial charge in [-0.15, -0.1) is 0 Å². The highest BCUT2D eigenvalue weighted by Gasteiger charge is 2.18. The number of Topliss-reactive ketones (excluding diaryl/α,β-unsaturated/α-hetero) is 1. The van der Waals surface area contributed by atoms with Crippen molar-refractivity contribution in [3.05, 3.63) is 64.7 Å². The van der Waals surface area contributed by atoms with Gasteiger partial charge in [0.2, 0.25) is 0 Å². The fraction of sp³-hybridized carbons (Fsp3) is 0.273. The van der Waals surface area contributed by atoms with Gasteiger partial charge in [-0.3, -0.25) is 14.4 Å². The number of hydrogen-bond donors (Lipinski definition) is 0. The number of esters is 1. The van der Waals surface area contributed by atoms with E-state index in [9.17, 15) is 14.4 Å². The van der Waals surface area contributed by atoms with E-state index in [0.717, 1.165) is 5.56 Å². The summed E-state index contributed by atoms with van der Waals surface area (Å²) >= 11 is 5.78. The van der Waals surface area contributed by atoms with Gasteiger partial charge in [0.1, 0.15) is 0 Å². The smallest absolute Gasteiger partial charge is 0.306 e. The Bertz CT molecular complexity index is 902. The number of benzene rings is 2. The molecule has 7 heteroatoms. The van der Waals surface area contributed by atoms with Crippen LogP contribution in [0.25, 0.3) is 0 Å². The first-order chi connectivity index (χ1) is 13.9. The number of ketones is 1. The minimum atomic E-state index is -0.634.